The van der Waals surface area contributed by atoms with E-state index in [0.717, 1.165) is 5.39 Å². The minimum absolute atomic E-state index is 0.0700. The van der Waals surface area contributed by atoms with Crippen LogP contribution in [0.3, 0.4) is 0 Å². The van der Waals surface area contributed by atoms with Crippen LogP contribution in [0.4, 0.5) is 0 Å². The summed E-state index contributed by atoms with van der Waals surface area (Å²) in [6.07, 6.45) is 0. The van der Waals surface area contributed by atoms with Crippen LogP contribution in [0.15, 0.2) is 51.7 Å². The van der Waals surface area contributed by atoms with Gasteiger partial charge in [0, 0.05) is 11.5 Å². The smallest absolute Gasteiger partial charge is 0.344 e. The van der Waals surface area contributed by atoms with E-state index >= 15 is 0 Å². The number of hydrogen-bond donors (Lipinski definition) is 0. The van der Waals surface area contributed by atoms with Gasteiger partial charge in [0.25, 0.3) is 0 Å². The quantitative estimate of drug-likeness (QED) is 0.664. The summed E-state index contributed by atoms with van der Waals surface area (Å²) in [5.41, 5.74) is 0.999. The number of hydrogen-bond acceptors (Lipinski definition) is 6. The molecule has 126 valence electrons. The SMILES string of the molecule is COc1ccc(-c2cc3ccc(OCC#N)cc3oc2=O)cc1OC. The third-order valence-corrected chi connectivity index (χ3v) is 3.71. The normalized spacial score (nSPS) is 10.3. The van der Waals surface area contributed by atoms with Crippen molar-refractivity contribution in [2.75, 3.05) is 20.8 Å². The van der Waals surface area contributed by atoms with E-state index in [4.69, 9.17) is 23.9 Å². The molecule has 25 heavy (non-hydrogen) atoms. The second-order valence-corrected chi connectivity index (χ2v) is 5.16. The van der Waals surface area contributed by atoms with E-state index in [1.807, 2.05) is 6.07 Å². The Hall–Kier alpha value is -3.46. The van der Waals surface area contributed by atoms with Crippen LogP contribution >= 0.6 is 0 Å². The molecule has 0 aliphatic rings. The lowest BCUT2D eigenvalue weighted by Gasteiger charge is -2.09. The maximum Gasteiger partial charge on any atom is 0.344 e. The molecule has 0 N–H and O–H groups in total. The van der Waals surface area contributed by atoms with Gasteiger partial charge in [-0.05, 0) is 35.9 Å². The first-order valence-electron chi connectivity index (χ1n) is 7.46. The Morgan fingerprint density at radius 2 is 1.84 bits per heavy atom. The van der Waals surface area contributed by atoms with Crippen LogP contribution in [0.5, 0.6) is 17.2 Å². The summed E-state index contributed by atoms with van der Waals surface area (Å²) in [7, 11) is 3.08. The Bertz CT molecular complexity index is 1020. The van der Waals surface area contributed by atoms with E-state index in [1.54, 1.807) is 49.6 Å². The molecule has 1 heterocycles. The van der Waals surface area contributed by atoms with Crippen LogP contribution in [0.1, 0.15) is 0 Å². The molecule has 0 unspecified atom stereocenters. The lowest BCUT2D eigenvalue weighted by Crippen LogP contribution is -2.03. The number of methoxy groups -OCH3 is 2. The van der Waals surface area contributed by atoms with Crippen molar-refractivity contribution in [3.63, 3.8) is 0 Å². The zero-order chi connectivity index (χ0) is 17.8. The van der Waals surface area contributed by atoms with Crippen molar-refractivity contribution in [1.82, 2.24) is 0 Å². The van der Waals surface area contributed by atoms with Crippen molar-refractivity contribution < 1.29 is 18.6 Å². The number of benzene rings is 2. The molecule has 0 radical (unpaired) electrons. The third-order valence-electron chi connectivity index (χ3n) is 3.71. The summed E-state index contributed by atoms with van der Waals surface area (Å²) in [5, 5.41) is 9.30. The van der Waals surface area contributed by atoms with Gasteiger partial charge >= 0.3 is 5.63 Å². The number of fused-ring (bicyclic) bond motifs is 1. The van der Waals surface area contributed by atoms with E-state index in [-0.39, 0.29) is 6.61 Å². The number of nitrogens with zero attached hydrogens (tertiary/aromatic N) is 1. The predicted molar refractivity (Wildman–Crippen MR) is 92.1 cm³/mol. The first-order chi connectivity index (χ1) is 12.2. The van der Waals surface area contributed by atoms with Gasteiger partial charge in [-0.25, -0.2) is 4.79 Å². The van der Waals surface area contributed by atoms with Crippen LogP contribution in [0.25, 0.3) is 22.1 Å². The molecule has 6 nitrogen and oxygen atoms in total. The zero-order valence-electron chi connectivity index (χ0n) is 13.7. The maximum absolute atomic E-state index is 12.4. The highest BCUT2D eigenvalue weighted by molar-refractivity contribution is 5.83. The highest BCUT2D eigenvalue weighted by Gasteiger charge is 2.12. The van der Waals surface area contributed by atoms with Gasteiger partial charge in [-0.1, -0.05) is 6.07 Å². The van der Waals surface area contributed by atoms with Gasteiger partial charge in [0.1, 0.15) is 17.4 Å². The Morgan fingerprint density at radius 3 is 2.56 bits per heavy atom. The van der Waals surface area contributed by atoms with Crippen LogP contribution in [0, 0.1) is 11.3 Å². The zero-order valence-corrected chi connectivity index (χ0v) is 13.7. The molecule has 0 aliphatic carbocycles. The van der Waals surface area contributed by atoms with Crippen molar-refractivity contribution in [1.29, 1.82) is 5.26 Å². The van der Waals surface area contributed by atoms with Crippen LogP contribution in [-0.2, 0) is 0 Å². The van der Waals surface area contributed by atoms with Crippen molar-refractivity contribution in [3.05, 3.63) is 52.9 Å². The average Bonchev–Trinajstić information content (AvgIpc) is 2.65. The average molecular weight is 337 g/mol. The molecular weight excluding hydrogens is 322 g/mol. The van der Waals surface area contributed by atoms with Crippen molar-refractivity contribution in [2.24, 2.45) is 0 Å². The largest absolute Gasteiger partial charge is 0.493 e. The fourth-order valence-electron chi connectivity index (χ4n) is 2.50. The molecule has 0 spiro atoms. The Morgan fingerprint density at radius 1 is 1.04 bits per heavy atom. The van der Waals surface area contributed by atoms with E-state index in [9.17, 15) is 4.79 Å². The molecule has 6 heteroatoms. The van der Waals surface area contributed by atoms with Gasteiger partial charge in [-0.15, -0.1) is 0 Å². The van der Waals surface area contributed by atoms with E-state index in [1.165, 1.54) is 7.11 Å². The Kier molecular flexibility index (Phi) is 4.57. The maximum atomic E-state index is 12.4. The molecular formula is C19H15NO5. The summed E-state index contributed by atoms with van der Waals surface area (Å²) < 4.78 is 21.1. The summed E-state index contributed by atoms with van der Waals surface area (Å²) >= 11 is 0. The molecule has 0 saturated heterocycles. The molecule has 3 aromatic rings. The van der Waals surface area contributed by atoms with Gasteiger partial charge in [0.2, 0.25) is 0 Å². The van der Waals surface area contributed by atoms with Crippen molar-refractivity contribution in [3.8, 4) is 34.4 Å². The van der Waals surface area contributed by atoms with Gasteiger partial charge in [0.05, 0.1) is 19.8 Å². The molecule has 0 atom stereocenters. The molecule has 0 amide bonds. The van der Waals surface area contributed by atoms with E-state index in [2.05, 4.69) is 0 Å². The Labute approximate surface area is 143 Å². The first kappa shape index (κ1) is 16.4. The van der Waals surface area contributed by atoms with Crippen LogP contribution in [-0.4, -0.2) is 20.8 Å². The standard InChI is InChI=1S/C19H15NO5/c1-22-16-6-4-12(10-18(16)23-2)15-9-13-3-5-14(24-8-7-20)11-17(13)25-19(15)21/h3-6,9-11H,8H2,1-2H3. The predicted octanol–water partition coefficient (Wildman–Crippen LogP) is 3.38. The monoisotopic (exact) mass is 337 g/mol. The molecule has 3 rings (SSSR count). The summed E-state index contributed by atoms with van der Waals surface area (Å²) in [4.78, 5) is 12.4. The topological polar surface area (TPSA) is 81.7 Å². The minimum Gasteiger partial charge on any atom is -0.493 e. The summed E-state index contributed by atoms with van der Waals surface area (Å²) in [6, 6.07) is 13.9. The van der Waals surface area contributed by atoms with E-state index < -0.39 is 5.63 Å². The molecule has 0 fully saturated rings. The molecule has 0 bridgehead atoms. The number of nitriles is 1. The fourth-order valence-corrected chi connectivity index (χ4v) is 2.50. The lowest BCUT2D eigenvalue weighted by molar-refractivity contribution is 0.355. The molecule has 0 aliphatic heterocycles. The van der Waals surface area contributed by atoms with Gasteiger partial charge < -0.3 is 18.6 Å². The van der Waals surface area contributed by atoms with Gasteiger partial charge in [-0.2, -0.15) is 5.26 Å². The number of ether oxygens (including phenoxy) is 3. The van der Waals surface area contributed by atoms with Gasteiger partial charge in [-0.3, -0.25) is 0 Å². The fraction of sp³-hybridized carbons (Fsp3) is 0.158. The van der Waals surface area contributed by atoms with Crippen LogP contribution in [0.2, 0.25) is 0 Å². The van der Waals surface area contributed by atoms with Gasteiger partial charge in [0.15, 0.2) is 18.1 Å². The second kappa shape index (κ2) is 6.97. The highest BCUT2D eigenvalue weighted by atomic mass is 16.5. The second-order valence-electron chi connectivity index (χ2n) is 5.16. The summed E-state index contributed by atoms with van der Waals surface area (Å²) in [5.74, 6) is 1.58. The lowest BCUT2D eigenvalue weighted by atomic mass is 10.1. The number of rotatable bonds is 5. The van der Waals surface area contributed by atoms with Crippen molar-refractivity contribution >= 4 is 11.0 Å². The summed E-state index contributed by atoms with van der Waals surface area (Å²) in [6.45, 7) is -0.0700. The van der Waals surface area contributed by atoms with E-state index in [0.29, 0.717) is 34.0 Å². The highest BCUT2D eigenvalue weighted by Crippen LogP contribution is 2.32. The van der Waals surface area contributed by atoms with Crippen molar-refractivity contribution in [2.45, 2.75) is 0 Å². The molecule has 2 aromatic carbocycles. The third kappa shape index (κ3) is 3.26. The molecule has 0 saturated carbocycles. The Balaban J connectivity index is 2.07. The van der Waals surface area contributed by atoms with Crippen LogP contribution < -0.4 is 19.8 Å². The minimum atomic E-state index is -0.475. The molecule has 1 aromatic heterocycles. The first-order valence-corrected chi connectivity index (χ1v) is 7.46.